The molecule has 5 rings (SSSR count). The van der Waals surface area contributed by atoms with Crippen molar-refractivity contribution in [2.45, 2.75) is 39.5 Å². The summed E-state index contributed by atoms with van der Waals surface area (Å²) >= 11 is 0. The Hall–Kier alpha value is -4.98. The molecule has 214 valence electrons. The van der Waals surface area contributed by atoms with Crippen LogP contribution in [0.25, 0.3) is 22.5 Å². The zero-order valence-electron chi connectivity index (χ0n) is 23.6. The van der Waals surface area contributed by atoms with E-state index in [0.717, 1.165) is 35.1 Å². The molecule has 0 unspecified atom stereocenters. The number of aliphatic carboxylic acids is 1. The van der Waals surface area contributed by atoms with E-state index in [0.29, 0.717) is 41.5 Å². The fourth-order valence-electron chi connectivity index (χ4n) is 4.97. The minimum Gasteiger partial charge on any atom is -0.494 e. The molecule has 0 spiro atoms. The monoisotopic (exact) mass is 565 g/mol. The lowest BCUT2D eigenvalue weighted by molar-refractivity contribution is -0.136. The molecule has 4 aromatic carbocycles. The van der Waals surface area contributed by atoms with Gasteiger partial charge in [0.15, 0.2) is 0 Å². The van der Waals surface area contributed by atoms with E-state index in [-0.39, 0.29) is 12.1 Å². The summed E-state index contributed by atoms with van der Waals surface area (Å²) in [4.78, 5) is 24.8. The van der Waals surface area contributed by atoms with Crippen LogP contribution < -0.4 is 10.4 Å². The zero-order valence-corrected chi connectivity index (χ0v) is 23.6. The lowest BCUT2D eigenvalue weighted by atomic mass is 9.98. The second-order valence-electron chi connectivity index (χ2n) is 10.1. The molecular formula is C34H32FN3O4. The SMILES string of the molecule is CCOc1ccc(-c2ccc(CCCc3nn(-c4ccc(C)cc4)c(=O)n3-c3cccc(F)c3)cc2)cc1CC(=O)O. The summed E-state index contributed by atoms with van der Waals surface area (Å²) in [7, 11) is 0. The van der Waals surface area contributed by atoms with Crippen LogP contribution in [0.4, 0.5) is 4.39 Å². The smallest absolute Gasteiger partial charge is 0.355 e. The molecule has 0 bridgehead atoms. The first-order chi connectivity index (χ1) is 20.3. The van der Waals surface area contributed by atoms with Gasteiger partial charge in [0, 0.05) is 12.0 Å². The molecule has 42 heavy (non-hydrogen) atoms. The van der Waals surface area contributed by atoms with Crippen LogP contribution in [0.3, 0.4) is 0 Å². The number of rotatable bonds is 11. The number of ether oxygens (including phenoxy) is 1. The number of aromatic nitrogens is 3. The maximum absolute atomic E-state index is 14.1. The van der Waals surface area contributed by atoms with Gasteiger partial charge in [-0.05, 0) is 85.8 Å². The lowest BCUT2D eigenvalue weighted by Crippen LogP contribution is -2.23. The molecule has 1 N–H and O–H groups in total. The molecule has 0 saturated carbocycles. The van der Waals surface area contributed by atoms with Crippen LogP contribution in [0.15, 0.2) is 95.8 Å². The van der Waals surface area contributed by atoms with Gasteiger partial charge < -0.3 is 9.84 Å². The summed E-state index contributed by atoms with van der Waals surface area (Å²) in [6, 6.07) is 27.3. The summed E-state index contributed by atoms with van der Waals surface area (Å²) in [6.45, 7) is 4.31. The number of hydrogen-bond acceptors (Lipinski definition) is 4. The third-order valence-corrected chi connectivity index (χ3v) is 7.05. The van der Waals surface area contributed by atoms with Crippen LogP contribution in [0.2, 0.25) is 0 Å². The molecule has 0 saturated heterocycles. The first kappa shape index (κ1) is 28.5. The average Bonchev–Trinajstić information content (AvgIpc) is 3.30. The predicted molar refractivity (Wildman–Crippen MR) is 160 cm³/mol. The maximum atomic E-state index is 14.1. The highest BCUT2D eigenvalue weighted by atomic mass is 19.1. The van der Waals surface area contributed by atoms with E-state index in [4.69, 9.17) is 4.74 Å². The summed E-state index contributed by atoms with van der Waals surface area (Å²) in [5.74, 6) is -0.184. The fraction of sp³-hybridized carbons (Fsp3) is 0.206. The van der Waals surface area contributed by atoms with Gasteiger partial charge >= 0.3 is 11.7 Å². The summed E-state index contributed by atoms with van der Waals surface area (Å²) in [6.07, 6.45) is 1.89. The average molecular weight is 566 g/mol. The Morgan fingerprint density at radius 3 is 2.33 bits per heavy atom. The normalized spacial score (nSPS) is 11.0. The van der Waals surface area contributed by atoms with E-state index in [2.05, 4.69) is 5.10 Å². The molecule has 0 fully saturated rings. The van der Waals surface area contributed by atoms with Gasteiger partial charge in [-0.1, -0.05) is 54.1 Å². The van der Waals surface area contributed by atoms with Gasteiger partial charge in [0.05, 0.1) is 24.4 Å². The second kappa shape index (κ2) is 12.7. The molecule has 1 heterocycles. The van der Waals surface area contributed by atoms with E-state index in [1.807, 2.05) is 80.6 Å². The summed E-state index contributed by atoms with van der Waals surface area (Å²) in [5, 5.41) is 13.9. The summed E-state index contributed by atoms with van der Waals surface area (Å²) < 4.78 is 22.5. The summed E-state index contributed by atoms with van der Waals surface area (Å²) in [5.41, 5.74) is 5.47. The fourth-order valence-corrected chi connectivity index (χ4v) is 4.97. The number of carboxylic acid groups (broad SMARTS) is 1. The Balaban J connectivity index is 1.34. The number of nitrogens with zero attached hydrogens (tertiary/aromatic N) is 3. The number of halogens is 1. The van der Waals surface area contributed by atoms with Crippen LogP contribution >= 0.6 is 0 Å². The van der Waals surface area contributed by atoms with Crippen molar-refractivity contribution in [3.8, 4) is 28.3 Å². The molecule has 7 nitrogen and oxygen atoms in total. The maximum Gasteiger partial charge on any atom is 0.355 e. The van der Waals surface area contributed by atoms with Crippen LogP contribution in [-0.4, -0.2) is 32.0 Å². The zero-order chi connectivity index (χ0) is 29.6. The molecule has 5 aromatic rings. The Bertz CT molecular complexity index is 1760. The molecular weight excluding hydrogens is 533 g/mol. The number of aryl methyl sites for hydroxylation is 3. The van der Waals surface area contributed by atoms with Gasteiger partial charge in [0.25, 0.3) is 0 Å². The Morgan fingerprint density at radius 1 is 0.905 bits per heavy atom. The van der Waals surface area contributed by atoms with Gasteiger partial charge in [0.2, 0.25) is 0 Å². The molecule has 0 radical (unpaired) electrons. The van der Waals surface area contributed by atoms with E-state index in [9.17, 15) is 19.1 Å². The van der Waals surface area contributed by atoms with Gasteiger partial charge in [-0.3, -0.25) is 4.79 Å². The van der Waals surface area contributed by atoms with Crippen molar-refractivity contribution >= 4 is 5.97 Å². The highest BCUT2D eigenvalue weighted by Crippen LogP contribution is 2.28. The highest BCUT2D eigenvalue weighted by Gasteiger charge is 2.17. The molecule has 8 heteroatoms. The highest BCUT2D eigenvalue weighted by molar-refractivity contribution is 5.74. The van der Waals surface area contributed by atoms with Crippen LogP contribution in [0, 0.1) is 12.7 Å². The van der Waals surface area contributed by atoms with Gasteiger partial charge in [0.1, 0.15) is 17.4 Å². The lowest BCUT2D eigenvalue weighted by Gasteiger charge is -2.11. The molecule has 0 atom stereocenters. The van der Waals surface area contributed by atoms with Crippen molar-refractivity contribution < 1.29 is 19.0 Å². The van der Waals surface area contributed by atoms with E-state index >= 15 is 0 Å². The predicted octanol–water partition coefficient (Wildman–Crippen LogP) is 6.34. The minimum atomic E-state index is -0.907. The van der Waals surface area contributed by atoms with E-state index in [1.165, 1.54) is 21.4 Å². The van der Waals surface area contributed by atoms with Crippen molar-refractivity contribution in [1.29, 1.82) is 0 Å². The first-order valence-corrected chi connectivity index (χ1v) is 13.9. The third kappa shape index (κ3) is 6.49. The minimum absolute atomic E-state index is 0.109. The number of benzene rings is 4. The number of carbonyl (C=O) groups is 1. The Labute approximate surface area is 243 Å². The second-order valence-corrected chi connectivity index (χ2v) is 10.1. The van der Waals surface area contributed by atoms with Crippen molar-refractivity contribution in [1.82, 2.24) is 14.3 Å². The Kier molecular flexibility index (Phi) is 8.62. The largest absolute Gasteiger partial charge is 0.494 e. The van der Waals surface area contributed by atoms with Gasteiger partial charge in [-0.25, -0.2) is 13.8 Å². The van der Waals surface area contributed by atoms with Crippen molar-refractivity contribution in [3.05, 3.63) is 130 Å². The topological polar surface area (TPSA) is 86.4 Å². The van der Waals surface area contributed by atoms with Crippen LogP contribution in [0.5, 0.6) is 5.75 Å². The third-order valence-electron chi connectivity index (χ3n) is 7.05. The number of hydrogen-bond donors (Lipinski definition) is 1. The van der Waals surface area contributed by atoms with Crippen LogP contribution in [-0.2, 0) is 24.1 Å². The van der Waals surface area contributed by atoms with Crippen molar-refractivity contribution in [3.63, 3.8) is 0 Å². The van der Waals surface area contributed by atoms with Gasteiger partial charge in [-0.15, -0.1) is 5.10 Å². The molecule has 0 amide bonds. The quantitative estimate of drug-likeness (QED) is 0.202. The van der Waals surface area contributed by atoms with Gasteiger partial charge in [-0.2, -0.15) is 4.68 Å². The molecule has 0 aliphatic heterocycles. The molecule has 0 aliphatic rings. The van der Waals surface area contributed by atoms with Crippen molar-refractivity contribution in [2.24, 2.45) is 0 Å². The molecule has 0 aliphatic carbocycles. The molecule has 1 aromatic heterocycles. The Morgan fingerprint density at radius 2 is 1.64 bits per heavy atom. The first-order valence-electron chi connectivity index (χ1n) is 13.9. The van der Waals surface area contributed by atoms with Crippen molar-refractivity contribution in [2.75, 3.05) is 6.61 Å². The van der Waals surface area contributed by atoms with E-state index in [1.54, 1.807) is 12.1 Å². The van der Waals surface area contributed by atoms with E-state index < -0.39 is 11.8 Å². The standard InChI is InChI=1S/C34H32FN3O4/c1-3-42-31-19-16-26(20-27(31)21-33(39)40)25-14-12-24(13-15-25)6-4-9-32-36-38(29-17-10-23(2)11-18-29)34(41)37(32)30-8-5-7-28(35)22-30/h5,7-8,10-20,22H,3-4,6,9,21H2,1-2H3,(H,39,40). The van der Waals surface area contributed by atoms with Crippen LogP contribution in [0.1, 0.15) is 35.9 Å². The number of carboxylic acids is 1.